The van der Waals surface area contributed by atoms with Crippen LogP contribution < -0.4 is 20.5 Å². The molecule has 0 saturated heterocycles. The fraction of sp³-hybridized carbons (Fsp3) is 0.0833. The summed E-state index contributed by atoms with van der Waals surface area (Å²) >= 11 is 0. The van der Waals surface area contributed by atoms with Crippen LogP contribution in [0.15, 0.2) is 72.8 Å². The van der Waals surface area contributed by atoms with Crippen molar-refractivity contribution >= 4 is 29.2 Å². The summed E-state index contributed by atoms with van der Waals surface area (Å²) in [4.78, 5) is 25.0. The SMILES string of the molecule is COc1ccc(/C(=C\c2ccccc2)C(=O)Nc2ccccc2C(N)=O)cc1OC. The van der Waals surface area contributed by atoms with Gasteiger partial charge in [-0.25, -0.2) is 0 Å². The second-order valence-electron chi connectivity index (χ2n) is 6.40. The zero-order valence-corrected chi connectivity index (χ0v) is 16.7. The summed E-state index contributed by atoms with van der Waals surface area (Å²) in [7, 11) is 3.08. The van der Waals surface area contributed by atoms with Gasteiger partial charge in [-0.3, -0.25) is 9.59 Å². The van der Waals surface area contributed by atoms with Gasteiger partial charge in [-0.1, -0.05) is 48.5 Å². The first-order chi connectivity index (χ1) is 14.5. The smallest absolute Gasteiger partial charge is 0.256 e. The van der Waals surface area contributed by atoms with Crippen molar-refractivity contribution in [1.82, 2.24) is 0 Å². The highest BCUT2D eigenvalue weighted by atomic mass is 16.5. The first kappa shape index (κ1) is 20.7. The number of nitrogens with two attached hydrogens (primary N) is 1. The molecule has 3 aromatic carbocycles. The molecule has 0 bridgehead atoms. The molecule has 0 fully saturated rings. The Labute approximate surface area is 174 Å². The van der Waals surface area contributed by atoms with E-state index in [9.17, 15) is 9.59 Å². The number of para-hydroxylation sites is 1. The van der Waals surface area contributed by atoms with Crippen LogP contribution in [0.5, 0.6) is 11.5 Å². The number of nitrogens with one attached hydrogen (secondary N) is 1. The van der Waals surface area contributed by atoms with Crippen LogP contribution in [0.3, 0.4) is 0 Å². The Kier molecular flexibility index (Phi) is 6.49. The molecule has 2 amide bonds. The van der Waals surface area contributed by atoms with Crippen molar-refractivity contribution in [2.45, 2.75) is 0 Å². The molecular formula is C24H22N2O4. The summed E-state index contributed by atoms with van der Waals surface area (Å²) < 4.78 is 10.7. The molecule has 30 heavy (non-hydrogen) atoms. The van der Waals surface area contributed by atoms with Crippen LogP contribution in [0.25, 0.3) is 11.6 Å². The van der Waals surface area contributed by atoms with E-state index in [2.05, 4.69) is 5.32 Å². The number of carbonyl (C=O) groups is 2. The van der Waals surface area contributed by atoms with Crippen LogP contribution in [-0.4, -0.2) is 26.0 Å². The minimum Gasteiger partial charge on any atom is -0.493 e. The molecule has 152 valence electrons. The maximum absolute atomic E-state index is 13.2. The number of primary amides is 1. The maximum atomic E-state index is 13.2. The number of hydrogen-bond acceptors (Lipinski definition) is 4. The highest BCUT2D eigenvalue weighted by molar-refractivity contribution is 6.29. The fourth-order valence-electron chi connectivity index (χ4n) is 3.00. The molecule has 0 aliphatic heterocycles. The number of carbonyl (C=O) groups excluding carboxylic acids is 2. The van der Waals surface area contributed by atoms with Crippen LogP contribution in [-0.2, 0) is 4.79 Å². The van der Waals surface area contributed by atoms with E-state index in [4.69, 9.17) is 15.2 Å². The Balaban J connectivity index is 2.06. The summed E-state index contributed by atoms with van der Waals surface area (Å²) in [6.45, 7) is 0. The van der Waals surface area contributed by atoms with Crippen molar-refractivity contribution in [2.24, 2.45) is 5.73 Å². The molecule has 0 radical (unpaired) electrons. The van der Waals surface area contributed by atoms with E-state index in [1.54, 1.807) is 55.7 Å². The van der Waals surface area contributed by atoms with Gasteiger partial charge in [-0.15, -0.1) is 0 Å². The number of anilines is 1. The molecule has 0 saturated carbocycles. The van der Waals surface area contributed by atoms with Gasteiger partial charge < -0.3 is 20.5 Å². The van der Waals surface area contributed by atoms with E-state index < -0.39 is 5.91 Å². The van der Waals surface area contributed by atoms with Crippen LogP contribution in [0, 0.1) is 0 Å². The van der Waals surface area contributed by atoms with Crippen LogP contribution >= 0.6 is 0 Å². The topological polar surface area (TPSA) is 90.6 Å². The lowest BCUT2D eigenvalue weighted by Crippen LogP contribution is -2.19. The van der Waals surface area contributed by atoms with Crippen LogP contribution in [0.4, 0.5) is 5.69 Å². The zero-order valence-electron chi connectivity index (χ0n) is 16.7. The first-order valence-electron chi connectivity index (χ1n) is 9.23. The average Bonchev–Trinajstić information content (AvgIpc) is 2.77. The van der Waals surface area contributed by atoms with Gasteiger partial charge in [0.05, 0.1) is 25.5 Å². The normalized spacial score (nSPS) is 10.9. The minimum atomic E-state index is -0.620. The summed E-state index contributed by atoms with van der Waals surface area (Å²) in [6.07, 6.45) is 1.77. The quantitative estimate of drug-likeness (QED) is 0.462. The Bertz CT molecular complexity index is 1090. The van der Waals surface area contributed by atoms with Gasteiger partial charge >= 0.3 is 0 Å². The van der Waals surface area contributed by atoms with Crippen molar-refractivity contribution in [3.05, 3.63) is 89.5 Å². The predicted octanol–water partition coefficient (Wildman–Crippen LogP) is 3.98. The molecule has 0 spiro atoms. The first-order valence-corrected chi connectivity index (χ1v) is 9.23. The molecule has 0 atom stereocenters. The second-order valence-corrected chi connectivity index (χ2v) is 6.40. The van der Waals surface area contributed by atoms with E-state index >= 15 is 0 Å². The summed E-state index contributed by atoms with van der Waals surface area (Å²) in [5, 5.41) is 2.80. The van der Waals surface area contributed by atoms with E-state index in [-0.39, 0.29) is 11.5 Å². The largest absolute Gasteiger partial charge is 0.493 e. The van der Waals surface area contributed by atoms with Crippen molar-refractivity contribution in [2.75, 3.05) is 19.5 Å². The molecule has 0 unspecified atom stereocenters. The number of benzene rings is 3. The number of amides is 2. The third-order valence-electron chi connectivity index (χ3n) is 4.49. The van der Waals surface area contributed by atoms with Crippen LogP contribution in [0.2, 0.25) is 0 Å². The molecule has 0 aliphatic rings. The maximum Gasteiger partial charge on any atom is 0.256 e. The number of rotatable bonds is 7. The van der Waals surface area contributed by atoms with Crippen LogP contribution in [0.1, 0.15) is 21.5 Å². The van der Waals surface area contributed by atoms with E-state index in [0.717, 1.165) is 5.56 Å². The molecule has 3 rings (SSSR count). The third kappa shape index (κ3) is 4.67. The average molecular weight is 402 g/mol. The third-order valence-corrected chi connectivity index (χ3v) is 4.49. The standard InChI is InChI=1S/C24H22N2O4/c1-29-21-13-12-17(15-22(21)30-2)19(14-16-8-4-3-5-9-16)24(28)26-20-11-7-6-10-18(20)23(25)27/h3-15H,1-2H3,(H2,25,27)(H,26,28)/b19-14+. The van der Waals surface area contributed by atoms with Crippen molar-refractivity contribution < 1.29 is 19.1 Å². The van der Waals surface area contributed by atoms with Crippen molar-refractivity contribution in [3.8, 4) is 11.5 Å². The molecule has 6 heteroatoms. The van der Waals surface area contributed by atoms with Gasteiger partial charge in [-0.2, -0.15) is 0 Å². The molecule has 3 N–H and O–H groups in total. The zero-order chi connectivity index (χ0) is 21.5. The molecule has 0 aromatic heterocycles. The number of hydrogen-bond donors (Lipinski definition) is 2. The van der Waals surface area contributed by atoms with Gasteiger partial charge in [0.15, 0.2) is 11.5 Å². The molecule has 0 heterocycles. The summed E-state index contributed by atoms with van der Waals surface area (Å²) in [5.41, 5.74) is 7.88. The van der Waals surface area contributed by atoms with E-state index in [1.165, 1.54) is 7.11 Å². The predicted molar refractivity (Wildman–Crippen MR) is 117 cm³/mol. The van der Waals surface area contributed by atoms with Crippen molar-refractivity contribution in [3.63, 3.8) is 0 Å². The van der Waals surface area contributed by atoms with E-state index in [0.29, 0.717) is 28.3 Å². The lowest BCUT2D eigenvalue weighted by molar-refractivity contribution is -0.111. The lowest BCUT2D eigenvalue weighted by atomic mass is 10.0. The van der Waals surface area contributed by atoms with Gasteiger partial charge in [0.2, 0.25) is 0 Å². The number of ether oxygens (including phenoxy) is 2. The lowest BCUT2D eigenvalue weighted by Gasteiger charge is -2.14. The Hall–Kier alpha value is -4.06. The highest BCUT2D eigenvalue weighted by Gasteiger charge is 2.17. The van der Waals surface area contributed by atoms with Crippen molar-refractivity contribution in [1.29, 1.82) is 0 Å². The Morgan fingerprint density at radius 3 is 2.20 bits per heavy atom. The fourth-order valence-corrected chi connectivity index (χ4v) is 3.00. The van der Waals surface area contributed by atoms with Gasteiger partial charge in [-0.05, 0) is 41.5 Å². The summed E-state index contributed by atoms with van der Waals surface area (Å²) in [5.74, 6) is 0.0458. The van der Waals surface area contributed by atoms with E-state index in [1.807, 2.05) is 30.3 Å². The number of methoxy groups -OCH3 is 2. The van der Waals surface area contributed by atoms with Gasteiger partial charge in [0.1, 0.15) is 0 Å². The second kappa shape index (κ2) is 9.43. The molecule has 6 nitrogen and oxygen atoms in total. The molecular weight excluding hydrogens is 380 g/mol. The van der Waals surface area contributed by atoms with Gasteiger partial charge in [0.25, 0.3) is 11.8 Å². The molecule has 3 aromatic rings. The Morgan fingerprint density at radius 2 is 1.53 bits per heavy atom. The van der Waals surface area contributed by atoms with Gasteiger partial charge in [0, 0.05) is 5.57 Å². The minimum absolute atomic E-state index is 0.234. The monoisotopic (exact) mass is 402 g/mol. The Morgan fingerprint density at radius 1 is 0.867 bits per heavy atom. The molecule has 0 aliphatic carbocycles. The highest BCUT2D eigenvalue weighted by Crippen LogP contribution is 2.32. The summed E-state index contributed by atoms with van der Waals surface area (Å²) in [6, 6.07) is 21.3.